The molecule has 3 nitrogen and oxygen atoms in total. The fourth-order valence-electron chi connectivity index (χ4n) is 2.30. The van der Waals surface area contributed by atoms with Crippen LogP contribution in [0.5, 0.6) is 0 Å². The third-order valence-corrected chi connectivity index (χ3v) is 4.03. The molecule has 0 unspecified atom stereocenters. The van der Waals surface area contributed by atoms with E-state index in [0.29, 0.717) is 10.8 Å². The van der Waals surface area contributed by atoms with Crippen LogP contribution in [-0.2, 0) is 7.05 Å². The van der Waals surface area contributed by atoms with E-state index in [4.69, 9.17) is 17.3 Å². The van der Waals surface area contributed by atoms with Crippen molar-refractivity contribution in [2.24, 2.45) is 7.05 Å². The number of anilines is 1. The second-order valence-corrected chi connectivity index (χ2v) is 6.11. The number of hydrogen-bond donors (Lipinski definition) is 1. The minimum absolute atomic E-state index is 0.628. The Labute approximate surface area is 136 Å². The Morgan fingerprint density at radius 1 is 1.10 bits per heavy atom. The number of aromatic nitrogens is 2. The summed E-state index contributed by atoms with van der Waals surface area (Å²) in [6, 6.07) is 15.6. The molecule has 3 rings (SSSR count). The predicted octanol–water partition coefficient (Wildman–Crippen LogP) is 4.75. The van der Waals surface area contributed by atoms with E-state index in [1.54, 1.807) is 4.68 Å². The van der Waals surface area contributed by atoms with Crippen molar-refractivity contribution in [3.8, 4) is 22.4 Å². The van der Waals surface area contributed by atoms with Gasteiger partial charge in [-0.3, -0.25) is 4.68 Å². The normalized spacial score (nSPS) is 10.8. The number of benzene rings is 2. The summed E-state index contributed by atoms with van der Waals surface area (Å²) in [5.41, 5.74) is 9.93. The van der Waals surface area contributed by atoms with Gasteiger partial charge in [-0.1, -0.05) is 51.8 Å². The smallest absolute Gasteiger partial charge is 0.129 e. The first kappa shape index (κ1) is 14.2. The maximum Gasteiger partial charge on any atom is 0.129 e. The minimum Gasteiger partial charge on any atom is -0.383 e. The molecule has 0 aliphatic rings. The fourth-order valence-corrected chi connectivity index (χ4v) is 2.89. The lowest BCUT2D eigenvalue weighted by Gasteiger charge is -2.05. The second kappa shape index (κ2) is 5.54. The summed E-state index contributed by atoms with van der Waals surface area (Å²) in [4.78, 5) is 0. The van der Waals surface area contributed by atoms with Gasteiger partial charge >= 0.3 is 0 Å². The van der Waals surface area contributed by atoms with E-state index in [-0.39, 0.29) is 0 Å². The number of halogens is 2. The summed E-state index contributed by atoms with van der Waals surface area (Å²) in [5, 5.41) is 5.22. The highest BCUT2D eigenvalue weighted by molar-refractivity contribution is 9.10. The van der Waals surface area contributed by atoms with Crippen LogP contribution in [0.15, 0.2) is 53.0 Å². The molecule has 0 bridgehead atoms. The molecule has 3 aromatic rings. The Morgan fingerprint density at radius 2 is 1.81 bits per heavy atom. The van der Waals surface area contributed by atoms with Crippen molar-refractivity contribution < 1.29 is 0 Å². The number of rotatable bonds is 2. The zero-order valence-corrected chi connectivity index (χ0v) is 13.7. The Kier molecular flexibility index (Phi) is 3.74. The first-order valence-corrected chi connectivity index (χ1v) is 7.57. The zero-order chi connectivity index (χ0) is 15.0. The maximum atomic E-state index is 6.21. The van der Waals surface area contributed by atoms with Gasteiger partial charge in [0.2, 0.25) is 0 Å². The first-order valence-electron chi connectivity index (χ1n) is 6.40. The Morgan fingerprint density at radius 3 is 2.52 bits per heavy atom. The highest BCUT2D eigenvalue weighted by Gasteiger charge is 2.17. The van der Waals surface area contributed by atoms with Crippen molar-refractivity contribution in [2.45, 2.75) is 0 Å². The van der Waals surface area contributed by atoms with Crippen LogP contribution < -0.4 is 5.73 Å². The molecule has 0 saturated carbocycles. The third-order valence-electron chi connectivity index (χ3n) is 3.30. The predicted molar refractivity (Wildman–Crippen MR) is 91.2 cm³/mol. The van der Waals surface area contributed by atoms with Crippen LogP contribution in [-0.4, -0.2) is 9.78 Å². The van der Waals surface area contributed by atoms with Gasteiger partial charge in [0.25, 0.3) is 0 Å². The van der Waals surface area contributed by atoms with E-state index in [1.165, 1.54) is 0 Å². The molecule has 0 saturated heterocycles. The van der Waals surface area contributed by atoms with Gasteiger partial charge in [0, 0.05) is 22.1 Å². The van der Waals surface area contributed by atoms with E-state index in [1.807, 2.05) is 55.6 Å². The Hall–Kier alpha value is -1.78. The molecule has 0 radical (unpaired) electrons. The number of aryl methyl sites for hydroxylation is 1. The molecule has 1 heterocycles. The monoisotopic (exact) mass is 361 g/mol. The van der Waals surface area contributed by atoms with Crippen molar-refractivity contribution >= 4 is 33.3 Å². The van der Waals surface area contributed by atoms with Gasteiger partial charge in [-0.05, 0) is 29.8 Å². The average molecular weight is 363 g/mol. The Bertz CT molecular complexity index is 811. The molecule has 1 aromatic heterocycles. The highest BCUT2D eigenvalue weighted by Crippen LogP contribution is 2.37. The van der Waals surface area contributed by atoms with Crippen LogP contribution in [0.25, 0.3) is 22.4 Å². The summed E-state index contributed by atoms with van der Waals surface area (Å²) < 4.78 is 2.69. The van der Waals surface area contributed by atoms with Crippen LogP contribution in [0.1, 0.15) is 0 Å². The van der Waals surface area contributed by atoms with Gasteiger partial charge in [-0.2, -0.15) is 5.10 Å². The SMILES string of the molecule is Cn1nc(-c2cccc(Cl)c2)c(-c2cccc(Br)c2)c1N. The number of nitrogens with zero attached hydrogens (tertiary/aromatic N) is 2. The van der Waals surface area contributed by atoms with Crippen LogP contribution >= 0.6 is 27.5 Å². The number of nitrogen functional groups attached to an aromatic ring is 1. The van der Waals surface area contributed by atoms with Gasteiger partial charge in [0.1, 0.15) is 11.5 Å². The lowest BCUT2D eigenvalue weighted by atomic mass is 10.0. The third kappa shape index (κ3) is 2.69. The lowest BCUT2D eigenvalue weighted by Crippen LogP contribution is -1.97. The maximum absolute atomic E-state index is 6.21. The van der Waals surface area contributed by atoms with Gasteiger partial charge in [0.05, 0.1) is 5.56 Å². The average Bonchev–Trinajstić information content (AvgIpc) is 2.75. The highest BCUT2D eigenvalue weighted by atomic mass is 79.9. The standard InChI is InChI=1S/C16H13BrClN3/c1-21-16(19)14(10-4-2-6-12(17)8-10)15(20-21)11-5-3-7-13(18)9-11/h2-9H,19H2,1H3. The summed E-state index contributed by atoms with van der Waals surface area (Å²) in [7, 11) is 1.84. The summed E-state index contributed by atoms with van der Waals surface area (Å²) in [6.07, 6.45) is 0. The molecule has 106 valence electrons. The van der Waals surface area contributed by atoms with Crippen molar-refractivity contribution in [2.75, 3.05) is 5.73 Å². The molecular formula is C16H13BrClN3. The molecule has 2 N–H and O–H groups in total. The topological polar surface area (TPSA) is 43.8 Å². The molecule has 0 spiro atoms. The van der Waals surface area contributed by atoms with E-state index in [2.05, 4.69) is 21.0 Å². The van der Waals surface area contributed by atoms with E-state index >= 15 is 0 Å². The Balaban J connectivity index is 2.25. The second-order valence-electron chi connectivity index (χ2n) is 4.75. The van der Waals surface area contributed by atoms with Crippen molar-refractivity contribution in [1.82, 2.24) is 9.78 Å². The molecular weight excluding hydrogens is 350 g/mol. The van der Waals surface area contributed by atoms with Crippen molar-refractivity contribution in [3.63, 3.8) is 0 Å². The quantitative estimate of drug-likeness (QED) is 0.715. The molecule has 2 aromatic carbocycles. The molecule has 0 atom stereocenters. The van der Waals surface area contributed by atoms with E-state index in [0.717, 1.165) is 26.9 Å². The van der Waals surface area contributed by atoms with Crippen LogP contribution in [0, 0.1) is 0 Å². The molecule has 21 heavy (non-hydrogen) atoms. The van der Waals surface area contributed by atoms with Gasteiger partial charge in [-0.25, -0.2) is 0 Å². The largest absolute Gasteiger partial charge is 0.383 e. The van der Waals surface area contributed by atoms with Crippen molar-refractivity contribution in [3.05, 3.63) is 58.0 Å². The van der Waals surface area contributed by atoms with Gasteiger partial charge < -0.3 is 5.73 Å². The zero-order valence-electron chi connectivity index (χ0n) is 11.3. The van der Waals surface area contributed by atoms with E-state index in [9.17, 15) is 0 Å². The molecule has 5 heteroatoms. The summed E-state index contributed by atoms with van der Waals surface area (Å²) in [5.74, 6) is 0.628. The molecule has 0 fully saturated rings. The van der Waals surface area contributed by atoms with Crippen LogP contribution in [0.2, 0.25) is 5.02 Å². The van der Waals surface area contributed by atoms with Gasteiger partial charge in [-0.15, -0.1) is 0 Å². The van der Waals surface area contributed by atoms with Gasteiger partial charge in [0.15, 0.2) is 0 Å². The number of nitrogens with two attached hydrogens (primary N) is 1. The van der Waals surface area contributed by atoms with Crippen LogP contribution in [0.4, 0.5) is 5.82 Å². The summed E-state index contributed by atoms with van der Waals surface area (Å²) in [6.45, 7) is 0. The first-order chi connectivity index (χ1) is 10.1. The lowest BCUT2D eigenvalue weighted by molar-refractivity contribution is 0.782. The summed E-state index contributed by atoms with van der Waals surface area (Å²) >= 11 is 9.59. The molecule has 0 amide bonds. The molecule has 0 aliphatic carbocycles. The molecule has 0 aliphatic heterocycles. The van der Waals surface area contributed by atoms with Crippen molar-refractivity contribution in [1.29, 1.82) is 0 Å². The minimum atomic E-state index is 0.628. The number of hydrogen-bond acceptors (Lipinski definition) is 2. The fraction of sp³-hybridized carbons (Fsp3) is 0.0625. The van der Waals surface area contributed by atoms with E-state index < -0.39 is 0 Å². The van der Waals surface area contributed by atoms with Crippen LogP contribution in [0.3, 0.4) is 0 Å².